The molecule has 0 spiro atoms. The number of hydrogen-bond donors (Lipinski definition) is 0. The predicted molar refractivity (Wildman–Crippen MR) is 75.2 cm³/mol. The van der Waals surface area contributed by atoms with Crippen LogP contribution in [0.15, 0.2) is 30.3 Å². The second-order valence-corrected chi connectivity index (χ2v) is 4.96. The maximum absolute atomic E-state index is 12.6. The molecule has 0 aliphatic carbocycles. The lowest BCUT2D eigenvalue weighted by Gasteiger charge is -2.24. The zero-order valence-electron chi connectivity index (χ0n) is 11.5. The van der Waals surface area contributed by atoms with E-state index in [9.17, 15) is 14.4 Å². The average molecular weight is 274 g/mol. The lowest BCUT2D eigenvalue weighted by atomic mass is 10.1. The largest absolute Gasteiger partial charge is 0.345 e. The Kier molecular flexibility index (Phi) is 4.50. The Morgan fingerprint density at radius 1 is 1.40 bits per heavy atom. The summed E-state index contributed by atoms with van der Waals surface area (Å²) in [5.74, 6) is -0.415. The van der Waals surface area contributed by atoms with Crippen molar-refractivity contribution in [3.8, 4) is 0 Å². The smallest absolute Gasteiger partial charge is 0.232 e. The summed E-state index contributed by atoms with van der Waals surface area (Å²) in [7, 11) is 1.70. The first-order valence-corrected chi connectivity index (χ1v) is 6.67. The molecule has 1 saturated heterocycles. The highest BCUT2D eigenvalue weighted by Crippen LogP contribution is 2.22. The van der Waals surface area contributed by atoms with Crippen molar-refractivity contribution in [3.63, 3.8) is 0 Å². The van der Waals surface area contributed by atoms with Gasteiger partial charge in [0.1, 0.15) is 6.29 Å². The predicted octanol–water partition coefficient (Wildman–Crippen LogP) is 1.09. The van der Waals surface area contributed by atoms with Gasteiger partial charge >= 0.3 is 0 Å². The number of likely N-dealkylation sites (tertiary alicyclic amines) is 1. The van der Waals surface area contributed by atoms with Crippen molar-refractivity contribution in [2.75, 3.05) is 25.0 Å². The van der Waals surface area contributed by atoms with Gasteiger partial charge in [0.15, 0.2) is 0 Å². The SMILES string of the molecule is CN1CC(C(=O)N(CCC=O)c2ccccc2)CC1=O. The van der Waals surface area contributed by atoms with Gasteiger partial charge in [0.2, 0.25) is 11.8 Å². The van der Waals surface area contributed by atoms with Crippen LogP contribution >= 0.6 is 0 Å². The van der Waals surface area contributed by atoms with Crippen molar-refractivity contribution in [2.24, 2.45) is 5.92 Å². The molecule has 1 aromatic rings. The van der Waals surface area contributed by atoms with Crippen LogP contribution in [0.1, 0.15) is 12.8 Å². The minimum Gasteiger partial charge on any atom is -0.345 e. The standard InChI is InChI=1S/C15H18N2O3/c1-16-11-12(10-14(16)19)15(20)17(8-5-9-18)13-6-3-2-4-7-13/h2-4,6-7,9,12H,5,8,10-11H2,1H3. The Hall–Kier alpha value is -2.17. The van der Waals surface area contributed by atoms with Gasteiger partial charge in [-0.05, 0) is 12.1 Å². The van der Waals surface area contributed by atoms with Gasteiger partial charge < -0.3 is 14.6 Å². The Morgan fingerprint density at radius 2 is 2.10 bits per heavy atom. The lowest BCUT2D eigenvalue weighted by molar-refractivity contribution is -0.127. The molecule has 0 bridgehead atoms. The summed E-state index contributed by atoms with van der Waals surface area (Å²) in [6.45, 7) is 0.794. The van der Waals surface area contributed by atoms with Crippen LogP contribution in [0, 0.1) is 5.92 Å². The molecule has 0 aromatic heterocycles. The number of hydrogen-bond acceptors (Lipinski definition) is 3. The zero-order valence-corrected chi connectivity index (χ0v) is 11.5. The number of para-hydroxylation sites is 1. The third kappa shape index (κ3) is 3.04. The molecule has 1 heterocycles. The van der Waals surface area contributed by atoms with E-state index >= 15 is 0 Å². The normalized spacial score (nSPS) is 18.1. The van der Waals surface area contributed by atoms with E-state index in [1.807, 2.05) is 30.3 Å². The van der Waals surface area contributed by atoms with Crippen LogP contribution in [0.3, 0.4) is 0 Å². The van der Waals surface area contributed by atoms with Gasteiger partial charge in [-0.3, -0.25) is 9.59 Å². The molecular weight excluding hydrogens is 256 g/mol. The van der Waals surface area contributed by atoms with Gasteiger partial charge in [0.05, 0.1) is 5.92 Å². The van der Waals surface area contributed by atoms with E-state index in [-0.39, 0.29) is 30.6 Å². The van der Waals surface area contributed by atoms with Crippen molar-refractivity contribution in [1.29, 1.82) is 0 Å². The van der Waals surface area contributed by atoms with Crippen molar-refractivity contribution in [2.45, 2.75) is 12.8 Å². The van der Waals surface area contributed by atoms with E-state index in [0.29, 0.717) is 13.1 Å². The van der Waals surface area contributed by atoms with Crippen LogP contribution in [0.2, 0.25) is 0 Å². The highest BCUT2D eigenvalue weighted by molar-refractivity contribution is 5.99. The third-order valence-corrected chi connectivity index (χ3v) is 3.49. The van der Waals surface area contributed by atoms with Gasteiger partial charge in [-0.15, -0.1) is 0 Å². The van der Waals surface area contributed by atoms with Crippen LogP contribution < -0.4 is 4.90 Å². The minimum absolute atomic E-state index is 0.00764. The summed E-state index contributed by atoms with van der Waals surface area (Å²) >= 11 is 0. The minimum atomic E-state index is -0.320. The summed E-state index contributed by atoms with van der Waals surface area (Å²) < 4.78 is 0. The summed E-state index contributed by atoms with van der Waals surface area (Å²) in [5.41, 5.74) is 0.765. The van der Waals surface area contributed by atoms with E-state index in [1.165, 1.54) is 0 Å². The van der Waals surface area contributed by atoms with Crippen LogP contribution in [-0.4, -0.2) is 43.1 Å². The lowest BCUT2D eigenvalue weighted by Crippen LogP contribution is -2.38. The maximum atomic E-state index is 12.6. The summed E-state index contributed by atoms with van der Waals surface area (Å²) in [4.78, 5) is 37.9. The monoisotopic (exact) mass is 274 g/mol. The third-order valence-electron chi connectivity index (χ3n) is 3.49. The first-order valence-electron chi connectivity index (χ1n) is 6.67. The molecular formula is C15H18N2O3. The van der Waals surface area contributed by atoms with E-state index in [4.69, 9.17) is 0 Å². The zero-order chi connectivity index (χ0) is 14.5. The van der Waals surface area contributed by atoms with Gasteiger partial charge in [-0.1, -0.05) is 18.2 Å². The molecule has 0 saturated carbocycles. The first-order chi connectivity index (χ1) is 9.63. The highest BCUT2D eigenvalue weighted by Gasteiger charge is 2.35. The van der Waals surface area contributed by atoms with Crippen molar-refractivity contribution < 1.29 is 14.4 Å². The quantitative estimate of drug-likeness (QED) is 0.755. The number of rotatable bonds is 5. The Morgan fingerprint density at radius 3 is 2.65 bits per heavy atom. The summed E-state index contributed by atoms with van der Waals surface area (Å²) in [6.07, 6.45) is 1.34. The second-order valence-electron chi connectivity index (χ2n) is 4.96. The molecule has 20 heavy (non-hydrogen) atoms. The molecule has 1 unspecified atom stereocenters. The number of carbonyl (C=O) groups is 3. The molecule has 0 radical (unpaired) electrons. The Balaban J connectivity index is 2.16. The van der Waals surface area contributed by atoms with Gasteiger partial charge in [-0.2, -0.15) is 0 Å². The number of aldehydes is 1. The van der Waals surface area contributed by atoms with E-state index in [1.54, 1.807) is 16.8 Å². The summed E-state index contributed by atoms with van der Waals surface area (Å²) in [5, 5.41) is 0. The molecule has 5 heteroatoms. The fraction of sp³-hybridized carbons (Fsp3) is 0.400. The molecule has 1 aliphatic rings. The van der Waals surface area contributed by atoms with Gasteiger partial charge in [0, 0.05) is 38.7 Å². The first kappa shape index (κ1) is 14.2. The Bertz CT molecular complexity index is 501. The Labute approximate surface area is 118 Å². The van der Waals surface area contributed by atoms with Gasteiger partial charge in [0.25, 0.3) is 0 Å². The molecule has 1 aromatic carbocycles. The fourth-order valence-electron chi connectivity index (χ4n) is 2.41. The van der Waals surface area contributed by atoms with Crippen LogP contribution in [0.5, 0.6) is 0 Å². The number of benzene rings is 1. The number of nitrogens with zero attached hydrogens (tertiary/aromatic N) is 2. The van der Waals surface area contributed by atoms with Crippen LogP contribution in [0.25, 0.3) is 0 Å². The molecule has 1 aliphatic heterocycles. The summed E-state index contributed by atoms with van der Waals surface area (Å²) in [6, 6.07) is 9.25. The van der Waals surface area contributed by atoms with Crippen molar-refractivity contribution in [1.82, 2.24) is 4.90 Å². The molecule has 2 rings (SSSR count). The van der Waals surface area contributed by atoms with Crippen LogP contribution in [0.4, 0.5) is 5.69 Å². The van der Waals surface area contributed by atoms with E-state index < -0.39 is 0 Å². The number of carbonyl (C=O) groups excluding carboxylic acids is 3. The number of amides is 2. The molecule has 1 atom stereocenters. The van der Waals surface area contributed by atoms with Gasteiger partial charge in [-0.25, -0.2) is 0 Å². The molecule has 2 amide bonds. The molecule has 0 N–H and O–H groups in total. The molecule has 5 nitrogen and oxygen atoms in total. The number of anilines is 1. The van der Waals surface area contributed by atoms with Crippen LogP contribution in [-0.2, 0) is 14.4 Å². The average Bonchev–Trinajstić information content (AvgIpc) is 2.80. The molecule has 106 valence electrons. The molecule has 1 fully saturated rings. The second kappa shape index (κ2) is 6.32. The maximum Gasteiger partial charge on any atom is 0.232 e. The highest BCUT2D eigenvalue weighted by atomic mass is 16.2. The fourth-order valence-corrected chi connectivity index (χ4v) is 2.41. The van der Waals surface area contributed by atoms with E-state index in [2.05, 4.69) is 0 Å². The van der Waals surface area contributed by atoms with Crippen molar-refractivity contribution in [3.05, 3.63) is 30.3 Å². The van der Waals surface area contributed by atoms with E-state index in [0.717, 1.165) is 12.0 Å². The van der Waals surface area contributed by atoms with Crippen molar-refractivity contribution >= 4 is 23.8 Å². The topological polar surface area (TPSA) is 57.7 Å².